The Labute approximate surface area is 171 Å². The number of alkyl carbamates (subject to hydrolysis) is 1. The quantitative estimate of drug-likeness (QED) is 0.662. The van der Waals surface area contributed by atoms with Crippen molar-refractivity contribution >= 4 is 18.2 Å². The van der Waals surface area contributed by atoms with Gasteiger partial charge in [0.2, 0.25) is 0 Å². The molecule has 0 aliphatic heterocycles. The zero-order valence-corrected chi connectivity index (χ0v) is 17.9. The number of aromatic nitrogens is 1. The first-order valence-electron chi connectivity index (χ1n) is 9.41. The Morgan fingerprint density at radius 1 is 1.07 bits per heavy atom. The summed E-state index contributed by atoms with van der Waals surface area (Å²) < 4.78 is 10.6. The molecule has 0 spiro atoms. The average Bonchev–Trinajstić information content (AvgIpc) is 2.54. The molecular weight excluding hydrogens is 378 g/mol. The highest BCUT2D eigenvalue weighted by Crippen LogP contribution is 2.13. The third kappa shape index (κ3) is 10.3. The molecule has 1 aromatic rings. The van der Waals surface area contributed by atoms with E-state index < -0.39 is 29.4 Å². The molecular formula is C20H31N3O6. The van der Waals surface area contributed by atoms with Crippen LogP contribution in [0.2, 0.25) is 0 Å². The first kappa shape index (κ1) is 24.2. The number of hydrogen-bond acceptors (Lipinski definition) is 6. The molecule has 1 aromatic heterocycles. The van der Waals surface area contributed by atoms with Crippen LogP contribution in [0.5, 0.6) is 0 Å². The number of rotatable bonds is 7. The van der Waals surface area contributed by atoms with Gasteiger partial charge in [-0.1, -0.05) is 6.07 Å². The number of nitrogens with one attached hydrogen (secondary N) is 1. The molecule has 0 fully saturated rings. The Bertz CT molecular complexity index is 722. The minimum Gasteiger partial charge on any atom is -0.477 e. The largest absolute Gasteiger partial charge is 0.477 e. The molecule has 0 atom stereocenters. The summed E-state index contributed by atoms with van der Waals surface area (Å²) in [7, 11) is 0. The van der Waals surface area contributed by atoms with Crippen molar-refractivity contribution in [3.63, 3.8) is 0 Å². The summed E-state index contributed by atoms with van der Waals surface area (Å²) in [5.74, 6) is -1.14. The van der Waals surface area contributed by atoms with E-state index in [1.165, 1.54) is 11.0 Å². The Kier molecular flexibility index (Phi) is 8.42. The number of carboxylic acid groups (broad SMARTS) is 1. The van der Waals surface area contributed by atoms with Gasteiger partial charge >= 0.3 is 18.2 Å². The third-order valence-electron chi connectivity index (χ3n) is 3.30. The normalized spacial score (nSPS) is 11.5. The Morgan fingerprint density at radius 3 is 2.24 bits per heavy atom. The molecule has 162 valence electrons. The Hall–Kier alpha value is -2.84. The molecule has 9 nitrogen and oxygen atoms in total. The molecule has 0 saturated heterocycles. The molecule has 1 rings (SSSR count). The van der Waals surface area contributed by atoms with Crippen molar-refractivity contribution in [2.24, 2.45) is 0 Å². The van der Waals surface area contributed by atoms with E-state index in [4.69, 9.17) is 14.6 Å². The second kappa shape index (κ2) is 10.1. The van der Waals surface area contributed by atoms with Crippen molar-refractivity contribution in [3.8, 4) is 0 Å². The van der Waals surface area contributed by atoms with Crippen LogP contribution >= 0.6 is 0 Å². The number of amides is 2. The summed E-state index contributed by atoms with van der Waals surface area (Å²) in [5, 5.41) is 11.7. The summed E-state index contributed by atoms with van der Waals surface area (Å²) in [6.07, 6.45) is -0.619. The van der Waals surface area contributed by atoms with Crippen LogP contribution in [0.1, 0.15) is 64.1 Å². The molecule has 1 heterocycles. The number of aromatic carboxylic acids is 1. The smallest absolute Gasteiger partial charge is 0.410 e. The fraction of sp³-hybridized carbons (Fsp3) is 0.600. The van der Waals surface area contributed by atoms with Crippen LogP contribution < -0.4 is 5.32 Å². The van der Waals surface area contributed by atoms with E-state index in [-0.39, 0.29) is 18.8 Å². The standard InChI is InChI=1S/C20H31N3O6/c1-19(2,3)28-17(26)21-11-8-12-23(18(27)29-20(4,5)6)13-14-9-7-10-15(22-14)16(24)25/h7,9-10H,8,11-13H2,1-6H3,(H,21,26)(H,24,25). The summed E-state index contributed by atoms with van der Waals surface area (Å²) in [4.78, 5) is 40.8. The van der Waals surface area contributed by atoms with Gasteiger partial charge in [0.15, 0.2) is 0 Å². The minimum atomic E-state index is -1.14. The number of nitrogens with zero attached hydrogens (tertiary/aromatic N) is 2. The van der Waals surface area contributed by atoms with Gasteiger partial charge in [-0.15, -0.1) is 0 Å². The highest BCUT2D eigenvalue weighted by molar-refractivity contribution is 5.85. The van der Waals surface area contributed by atoms with E-state index in [1.54, 1.807) is 53.7 Å². The van der Waals surface area contributed by atoms with E-state index in [2.05, 4.69) is 10.3 Å². The lowest BCUT2D eigenvalue weighted by atomic mass is 10.2. The number of ether oxygens (including phenoxy) is 2. The van der Waals surface area contributed by atoms with E-state index in [0.717, 1.165) is 0 Å². The highest BCUT2D eigenvalue weighted by atomic mass is 16.6. The summed E-state index contributed by atoms with van der Waals surface area (Å²) in [6, 6.07) is 4.60. The van der Waals surface area contributed by atoms with E-state index >= 15 is 0 Å². The van der Waals surface area contributed by atoms with Crippen LogP contribution in [-0.2, 0) is 16.0 Å². The SMILES string of the molecule is CC(C)(C)OC(=O)NCCCN(Cc1cccc(C(=O)O)n1)C(=O)OC(C)(C)C. The second-order valence-corrected chi connectivity index (χ2v) is 8.50. The Morgan fingerprint density at radius 2 is 1.69 bits per heavy atom. The summed E-state index contributed by atoms with van der Waals surface area (Å²) in [5.41, 5.74) is -0.942. The molecule has 29 heavy (non-hydrogen) atoms. The molecule has 0 saturated carbocycles. The zero-order chi connectivity index (χ0) is 22.2. The highest BCUT2D eigenvalue weighted by Gasteiger charge is 2.23. The van der Waals surface area contributed by atoms with Crippen LogP contribution in [0.4, 0.5) is 9.59 Å². The molecule has 0 aliphatic rings. The van der Waals surface area contributed by atoms with Crippen LogP contribution in [-0.4, -0.2) is 57.4 Å². The van der Waals surface area contributed by atoms with E-state index in [9.17, 15) is 14.4 Å². The average molecular weight is 409 g/mol. The topological polar surface area (TPSA) is 118 Å². The maximum atomic E-state index is 12.5. The Balaban J connectivity index is 2.74. The molecule has 2 N–H and O–H groups in total. The predicted octanol–water partition coefficient (Wildman–Crippen LogP) is 3.43. The number of hydrogen-bond donors (Lipinski definition) is 2. The van der Waals surface area contributed by atoms with Crippen LogP contribution in [0, 0.1) is 0 Å². The van der Waals surface area contributed by atoms with Crippen molar-refractivity contribution in [3.05, 3.63) is 29.6 Å². The van der Waals surface area contributed by atoms with Gasteiger partial charge in [-0.25, -0.2) is 19.4 Å². The van der Waals surface area contributed by atoms with Gasteiger partial charge in [0.1, 0.15) is 16.9 Å². The molecule has 0 bridgehead atoms. The molecule has 0 aliphatic carbocycles. The van der Waals surface area contributed by atoms with Gasteiger partial charge in [-0.3, -0.25) is 0 Å². The third-order valence-corrected chi connectivity index (χ3v) is 3.30. The van der Waals surface area contributed by atoms with Crippen molar-refractivity contribution in [1.82, 2.24) is 15.2 Å². The number of carbonyl (C=O) groups excluding carboxylic acids is 2. The molecule has 0 aromatic carbocycles. The first-order chi connectivity index (χ1) is 13.3. The van der Waals surface area contributed by atoms with Gasteiger partial charge in [0.05, 0.1) is 12.2 Å². The summed E-state index contributed by atoms with van der Waals surface area (Å²) >= 11 is 0. The van der Waals surface area contributed by atoms with Gasteiger partial charge in [-0.2, -0.15) is 0 Å². The van der Waals surface area contributed by atoms with E-state index in [0.29, 0.717) is 18.7 Å². The lowest BCUT2D eigenvalue weighted by Crippen LogP contribution is -2.39. The fourth-order valence-electron chi connectivity index (χ4n) is 2.22. The van der Waals surface area contributed by atoms with Gasteiger partial charge in [0, 0.05) is 13.1 Å². The molecule has 0 unspecified atom stereocenters. The maximum Gasteiger partial charge on any atom is 0.410 e. The molecule has 2 amide bonds. The van der Waals surface area contributed by atoms with Crippen molar-refractivity contribution in [2.75, 3.05) is 13.1 Å². The van der Waals surface area contributed by atoms with E-state index in [1.807, 2.05) is 0 Å². The zero-order valence-electron chi connectivity index (χ0n) is 17.9. The van der Waals surface area contributed by atoms with Crippen molar-refractivity contribution < 1.29 is 29.0 Å². The van der Waals surface area contributed by atoms with Crippen LogP contribution in [0.15, 0.2) is 18.2 Å². The number of pyridine rings is 1. The van der Waals surface area contributed by atoms with Gasteiger partial charge < -0.3 is 24.8 Å². The second-order valence-electron chi connectivity index (χ2n) is 8.50. The summed E-state index contributed by atoms with van der Waals surface area (Å²) in [6.45, 7) is 11.3. The van der Waals surface area contributed by atoms with Gasteiger partial charge in [0.25, 0.3) is 0 Å². The molecule has 0 radical (unpaired) electrons. The fourth-order valence-corrected chi connectivity index (χ4v) is 2.22. The predicted molar refractivity (Wildman–Crippen MR) is 107 cm³/mol. The van der Waals surface area contributed by atoms with Crippen LogP contribution in [0.3, 0.4) is 0 Å². The van der Waals surface area contributed by atoms with Gasteiger partial charge in [-0.05, 0) is 60.1 Å². The van der Waals surface area contributed by atoms with Crippen LogP contribution in [0.25, 0.3) is 0 Å². The van der Waals surface area contributed by atoms with Crippen molar-refractivity contribution in [2.45, 2.75) is 65.7 Å². The number of carbonyl (C=O) groups is 3. The first-order valence-corrected chi connectivity index (χ1v) is 9.41. The molecule has 9 heteroatoms. The minimum absolute atomic E-state index is 0.0858. The number of carboxylic acids is 1. The van der Waals surface area contributed by atoms with Crippen molar-refractivity contribution in [1.29, 1.82) is 0 Å². The monoisotopic (exact) mass is 409 g/mol. The maximum absolute atomic E-state index is 12.5. The lowest BCUT2D eigenvalue weighted by Gasteiger charge is -2.27. The lowest BCUT2D eigenvalue weighted by molar-refractivity contribution is 0.0229.